The van der Waals surface area contributed by atoms with Crippen molar-refractivity contribution in [2.24, 2.45) is 0 Å². The van der Waals surface area contributed by atoms with Gasteiger partial charge in [-0.15, -0.1) is 0 Å². The Balaban J connectivity index is 2.22. The minimum Gasteiger partial charge on any atom is -0.478 e. The van der Waals surface area contributed by atoms with Crippen molar-refractivity contribution in [3.05, 3.63) is 51.9 Å². The summed E-state index contributed by atoms with van der Waals surface area (Å²) in [6, 6.07) is 5.96. The van der Waals surface area contributed by atoms with Gasteiger partial charge in [-0.3, -0.25) is 4.79 Å². The van der Waals surface area contributed by atoms with E-state index in [-0.39, 0.29) is 22.4 Å². The van der Waals surface area contributed by atoms with Gasteiger partial charge in [0.05, 0.1) is 16.1 Å². The Morgan fingerprint density at radius 1 is 1.23 bits per heavy atom. The number of aromatic carboxylic acids is 1. The molecule has 2 rings (SSSR count). The van der Waals surface area contributed by atoms with Gasteiger partial charge in [-0.1, -0.05) is 25.4 Å². The summed E-state index contributed by atoms with van der Waals surface area (Å²) >= 11 is 5.88. The van der Waals surface area contributed by atoms with Gasteiger partial charge < -0.3 is 14.8 Å². The van der Waals surface area contributed by atoms with E-state index in [1.54, 1.807) is 13.0 Å². The third-order valence-electron chi connectivity index (χ3n) is 3.21. The number of furan rings is 1. The van der Waals surface area contributed by atoms with Crippen LogP contribution in [0, 0.1) is 6.92 Å². The standard InChI is InChI=1S/C16H16ClNO4/c1-8(2)14-7-12(9(3)22-14)15(19)18-10-4-5-11(16(20)21)13(17)6-10/h4-8H,1-3H3,(H,18,19)(H,20,21). The topological polar surface area (TPSA) is 79.5 Å². The first kappa shape index (κ1) is 16.1. The molecular weight excluding hydrogens is 306 g/mol. The molecule has 0 bridgehead atoms. The predicted octanol–water partition coefficient (Wildman–Crippen LogP) is 4.32. The Labute approximate surface area is 132 Å². The summed E-state index contributed by atoms with van der Waals surface area (Å²) in [5.41, 5.74) is 0.857. The molecule has 2 aromatic rings. The van der Waals surface area contributed by atoms with Gasteiger partial charge >= 0.3 is 5.97 Å². The molecule has 0 fully saturated rings. The average molecular weight is 322 g/mol. The van der Waals surface area contributed by atoms with Crippen molar-refractivity contribution in [3.8, 4) is 0 Å². The van der Waals surface area contributed by atoms with Crippen LogP contribution in [0.2, 0.25) is 5.02 Å². The minimum atomic E-state index is -1.12. The zero-order chi connectivity index (χ0) is 16.4. The second-order valence-corrected chi connectivity index (χ2v) is 5.63. The summed E-state index contributed by atoms with van der Waals surface area (Å²) in [5, 5.41) is 11.7. The van der Waals surface area contributed by atoms with Crippen LogP contribution >= 0.6 is 11.6 Å². The maximum Gasteiger partial charge on any atom is 0.337 e. The maximum atomic E-state index is 12.3. The van der Waals surface area contributed by atoms with Crippen LogP contribution in [0.1, 0.15) is 52.0 Å². The van der Waals surface area contributed by atoms with Gasteiger partial charge in [0.1, 0.15) is 11.5 Å². The molecule has 1 aromatic carbocycles. The Kier molecular flexibility index (Phi) is 4.56. The zero-order valence-electron chi connectivity index (χ0n) is 12.4. The molecule has 2 N–H and O–H groups in total. The van der Waals surface area contributed by atoms with Gasteiger partial charge in [0.25, 0.3) is 5.91 Å². The van der Waals surface area contributed by atoms with E-state index in [9.17, 15) is 9.59 Å². The number of anilines is 1. The number of nitrogens with one attached hydrogen (secondary N) is 1. The molecule has 22 heavy (non-hydrogen) atoms. The number of halogens is 1. The Bertz CT molecular complexity index is 734. The molecule has 1 heterocycles. The lowest BCUT2D eigenvalue weighted by Gasteiger charge is -2.06. The first-order chi connectivity index (χ1) is 10.3. The number of amides is 1. The highest BCUT2D eigenvalue weighted by Crippen LogP contribution is 2.24. The summed E-state index contributed by atoms with van der Waals surface area (Å²) in [6.45, 7) is 5.68. The van der Waals surface area contributed by atoms with Gasteiger partial charge in [0, 0.05) is 11.6 Å². The lowest BCUT2D eigenvalue weighted by molar-refractivity contribution is 0.0697. The van der Waals surface area contributed by atoms with Crippen molar-refractivity contribution >= 4 is 29.2 Å². The fourth-order valence-electron chi connectivity index (χ4n) is 1.98. The smallest absolute Gasteiger partial charge is 0.337 e. The van der Waals surface area contributed by atoms with Crippen LogP contribution in [0.3, 0.4) is 0 Å². The summed E-state index contributed by atoms with van der Waals surface area (Å²) in [6.07, 6.45) is 0. The third kappa shape index (κ3) is 3.31. The molecule has 0 unspecified atom stereocenters. The zero-order valence-corrected chi connectivity index (χ0v) is 13.2. The lowest BCUT2D eigenvalue weighted by atomic mass is 10.1. The quantitative estimate of drug-likeness (QED) is 0.879. The number of benzene rings is 1. The van der Waals surface area contributed by atoms with Crippen molar-refractivity contribution < 1.29 is 19.1 Å². The Morgan fingerprint density at radius 3 is 2.41 bits per heavy atom. The molecule has 116 valence electrons. The summed E-state index contributed by atoms with van der Waals surface area (Å²) in [4.78, 5) is 23.2. The van der Waals surface area contributed by atoms with Crippen LogP contribution in [-0.4, -0.2) is 17.0 Å². The summed E-state index contributed by atoms with van der Waals surface area (Å²) in [7, 11) is 0. The number of carbonyl (C=O) groups excluding carboxylic acids is 1. The van der Waals surface area contributed by atoms with Crippen molar-refractivity contribution in [1.82, 2.24) is 0 Å². The van der Waals surface area contributed by atoms with Crippen LogP contribution < -0.4 is 5.32 Å². The van der Waals surface area contributed by atoms with Gasteiger partial charge in [-0.25, -0.2) is 4.79 Å². The fourth-order valence-corrected chi connectivity index (χ4v) is 2.24. The SMILES string of the molecule is Cc1oc(C(C)C)cc1C(=O)Nc1ccc(C(=O)O)c(Cl)c1. The lowest BCUT2D eigenvalue weighted by Crippen LogP contribution is -2.12. The normalized spacial score (nSPS) is 10.8. The minimum absolute atomic E-state index is 0.0127. The molecule has 0 saturated carbocycles. The van der Waals surface area contributed by atoms with Crippen LogP contribution in [0.25, 0.3) is 0 Å². The first-order valence-corrected chi connectivity index (χ1v) is 7.12. The van der Waals surface area contributed by atoms with E-state index in [4.69, 9.17) is 21.1 Å². The molecule has 6 heteroatoms. The predicted molar refractivity (Wildman–Crippen MR) is 83.9 cm³/mol. The van der Waals surface area contributed by atoms with Crippen LogP contribution in [0.15, 0.2) is 28.7 Å². The van der Waals surface area contributed by atoms with E-state index in [2.05, 4.69) is 5.32 Å². The summed E-state index contributed by atoms with van der Waals surface area (Å²) in [5.74, 6) is 0.0170. The van der Waals surface area contributed by atoms with Crippen LogP contribution in [-0.2, 0) is 0 Å². The van der Waals surface area contributed by atoms with E-state index < -0.39 is 5.97 Å². The van der Waals surface area contributed by atoms with E-state index in [0.29, 0.717) is 17.0 Å². The highest BCUT2D eigenvalue weighted by molar-refractivity contribution is 6.33. The molecule has 0 aliphatic carbocycles. The second kappa shape index (κ2) is 6.23. The fraction of sp³-hybridized carbons (Fsp3) is 0.250. The number of rotatable bonds is 4. The number of carboxylic acids is 1. The second-order valence-electron chi connectivity index (χ2n) is 5.23. The van der Waals surface area contributed by atoms with Crippen molar-refractivity contribution in [2.75, 3.05) is 5.32 Å². The number of hydrogen-bond donors (Lipinski definition) is 2. The molecule has 0 radical (unpaired) electrons. The largest absolute Gasteiger partial charge is 0.478 e. The van der Waals surface area contributed by atoms with Crippen LogP contribution in [0.5, 0.6) is 0 Å². The third-order valence-corrected chi connectivity index (χ3v) is 3.52. The van der Waals surface area contributed by atoms with Crippen molar-refractivity contribution in [2.45, 2.75) is 26.7 Å². The number of carboxylic acid groups (broad SMARTS) is 1. The van der Waals surface area contributed by atoms with Gasteiger partial charge in [0.2, 0.25) is 0 Å². The molecule has 0 saturated heterocycles. The molecule has 5 nitrogen and oxygen atoms in total. The number of carbonyl (C=O) groups is 2. The number of aryl methyl sites for hydroxylation is 1. The van der Waals surface area contributed by atoms with E-state index in [1.165, 1.54) is 18.2 Å². The summed E-state index contributed by atoms with van der Waals surface area (Å²) < 4.78 is 5.54. The van der Waals surface area contributed by atoms with Gasteiger partial charge in [-0.05, 0) is 31.2 Å². The molecule has 1 amide bonds. The van der Waals surface area contributed by atoms with E-state index >= 15 is 0 Å². The van der Waals surface area contributed by atoms with E-state index in [0.717, 1.165) is 5.76 Å². The molecule has 1 aromatic heterocycles. The Morgan fingerprint density at radius 2 is 1.91 bits per heavy atom. The molecule has 0 atom stereocenters. The molecular formula is C16H16ClNO4. The number of hydrogen-bond acceptors (Lipinski definition) is 3. The first-order valence-electron chi connectivity index (χ1n) is 6.74. The molecule has 0 aliphatic heterocycles. The van der Waals surface area contributed by atoms with Crippen molar-refractivity contribution in [3.63, 3.8) is 0 Å². The monoisotopic (exact) mass is 321 g/mol. The molecule has 0 spiro atoms. The Hall–Kier alpha value is -2.27. The molecule has 0 aliphatic rings. The maximum absolute atomic E-state index is 12.3. The van der Waals surface area contributed by atoms with Gasteiger partial charge in [-0.2, -0.15) is 0 Å². The average Bonchev–Trinajstić information content (AvgIpc) is 2.80. The van der Waals surface area contributed by atoms with Gasteiger partial charge in [0.15, 0.2) is 0 Å². The van der Waals surface area contributed by atoms with E-state index in [1.807, 2.05) is 13.8 Å². The highest BCUT2D eigenvalue weighted by atomic mass is 35.5. The highest BCUT2D eigenvalue weighted by Gasteiger charge is 2.17. The van der Waals surface area contributed by atoms with Crippen LogP contribution in [0.4, 0.5) is 5.69 Å². The van der Waals surface area contributed by atoms with Crippen molar-refractivity contribution in [1.29, 1.82) is 0 Å².